The third-order valence-electron chi connectivity index (χ3n) is 4.18. The number of unbranched alkanes of at least 4 members (excludes halogenated alkanes) is 4. The highest BCUT2D eigenvalue weighted by molar-refractivity contribution is 8.00. The second kappa shape index (κ2) is 30.0. The zero-order valence-corrected chi connectivity index (χ0v) is 25.4. The number of carbonyl (C=O) groups excluding carboxylic acids is 3. The van der Waals surface area contributed by atoms with Crippen LogP contribution in [0.3, 0.4) is 0 Å². The molecule has 0 saturated heterocycles. The first-order valence-electron chi connectivity index (χ1n) is 12.2. The van der Waals surface area contributed by atoms with E-state index in [9.17, 15) is 14.4 Å². The van der Waals surface area contributed by atoms with Crippen molar-refractivity contribution in [3.63, 3.8) is 0 Å². The Labute approximate surface area is 234 Å². The summed E-state index contributed by atoms with van der Waals surface area (Å²) < 4.78 is 13.5. The van der Waals surface area contributed by atoms with E-state index in [-0.39, 0.29) is 36.7 Å². The molecular formula is C24H48O7S4. The first-order valence-corrected chi connectivity index (χ1v) is 14.5. The number of ether oxygens (including phenoxy) is 3. The van der Waals surface area contributed by atoms with Crippen LogP contribution >= 0.6 is 50.5 Å². The van der Waals surface area contributed by atoms with Crippen LogP contribution in [0.15, 0.2) is 0 Å². The average molecular weight is 577 g/mol. The minimum atomic E-state index is -0.712. The molecule has 0 aliphatic heterocycles. The first-order chi connectivity index (χ1) is 16.5. The molecule has 0 saturated carbocycles. The van der Waals surface area contributed by atoms with Gasteiger partial charge >= 0.3 is 17.9 Å². The maximum absolute atomic E-state index is 10.7. The summed E-state index contributed by atoms with van der Waals surface area (Å²) >= 11 is 15.0. The van der Waals surface area contributed by atoms with Crippen molar-refractivity contribution in [2.75, 3.05) is 37.9 Å². The Morgan fingerprint density at radius 1 is 0.657 bits per heavy atom. The van der Waals surface area contributed by atoms with E-state index >= 15 is 0 Å². The summed E-state index contributed by atoms with van der Waals surface area (Å²) in [5.74, 6) is 0.966. The van der Waals surface area contributed by atoms with Crippen LogP contribution < -0.4 is 0 Å². The van der Waals surface area contributed by atoms with Gasteiger partial charge in [0.05, 0.1) is 31.3 Å². The number of carbonyl (C=O) groups is 3. The highest BCUT2D eigenvalue weighted by atomic mass is 32.2. The van der Waals surface area contributed by atoms with Gasteiger partial charge < -0.3 is 19.3 Å². The van der Waals surface area contributed by atoms with Crippen LogP contribution in [-0.4, -0.2) is 65.5 Å². The standard InChI is InChI=1S/2C10H20O2S.C4H8O3S2/c2*1-9(2)6-4-3-5-7-12-10(11)8-13;5-1-2-7-3(6)4(8)9/h2*9,13H,3-8H2,1-2H3;4-5,8-9H,1-2H2. The van der Waals surface area contributed by atoms with Gasteiger partial charge in [0.1, 0.15) is 11.2 Å². The third kappa shape index (κ3) is 38.5. The van der Waals surface area contributed by atoms with Crippen molar-refractivity contribution in [3.05, 3.63) is 0 Å². The van der Waals surface area contributed by atoms with Crippen molar-refractivity contribution in [2.45, 2.75) is 83.6 Å². The normalized spacial score (nSPS) is 10.3. The molecular weight excluding hydrogens is 529 g/mol. The molecule has 0 aromatic heterocycles. The van der Waals surface area contributed by atoms with E-state index in [0.717, 1.165) is 37.5 Å². The van der Waals surface area contributed by atoms with Crippen molar-refractivity contribution < 1.29 is 33.7 Å². The maximum atomic E-state index is 10.7. The molecule has 0 aromatic rings. The summed E-state index contributed by atoms with van der Waals surface area (Å²) in [5, 5.41) is 8.17. The average Bonchev–Trinajstić information content (AvgIpc) is 2.81. The number of hydrogen-bond acceptors (Lipinski definition) is 11. The molecule has 0 heterocycles. The zero-order valence-electron chi connectivity index (χ0n) is 21.8. The fourth-order valence-corrected chi connectivity index (χ4v) is 2.68. The van der Waals surface area contributed by atoms with Gasteiger partial charge in [0.2, 0.25) is 0 Å². The molecule has 0 rings (SSSR count). The summed E-state index contributed by atoms with van der Waals surface area (Å²) in [6.07, 6.45) is 9.25. The van der Waals surface area contributed by atoms with Crippen molar-refractivity contribution in [1.82, 2.24) is 0 Å². The number of rotatable bonds is 17. The summed E-state index contributed by atoms with van der Waals surface area (Å²) in [5.41, 5.74) is 0. The smallest absolute Gasteiger partial charge is 0.328 e. The number of thiol groups is 4. The first kappa shape index (κ1) is 39.3. The second-order valence-electron chi connectivity index (χ2n) is 8.51. The van der Waals surface area contributed by atoms with Crippen LogP contribution in [0, 0.1) is 11.8 Å². The Hall–Kier alpha value is -0.230. The lowest BCUT2D eigenvalue weighted by atomic mass is 10.1. The predicted octanol–water partition coefficient (Wildman–Crippen LogP) is 5.06. The van der Waals surface area contributed by atoms with Gasteiger partial charge in [-0.25, -0.2) is 4.79 Å². The van der Waals surface area contributed by atoms with Crippen LogP contribution in [0.2, 0.25) is 0 Å². The summed E-state index contributed by atoms with van der Waals surface area (Å²) in [7, 11) is 0. The fourth-order valence-electron chi connectivity index (χ4n) is 2.35. The molecule has 210 valence electrons. The van der Waals surface area contributed by atoms with Crippen LogP contribution in [0.5, 0.6) is 0 Å². The van der Waals surface area contributed by atoms with Crippen LogP contribution in [0.1, 0.15) is 79.1 Å². The maximum Gasteiger partial charge on any atom is 0.328 e. The molecule has 0 aliphatic rings. The quantitative estimate of drug-likeness (QED) is 0.0543. The van der Waals surface area contributed by atoms with Crippen molar-refractivity contribution in [3.8, 4) is 0 Å². The Bertz CT molecular complexity index is 472. The highest BCUT2D eigenvalue weighted by Gasteiger charge is 2.08. The molecule has 35 heavy (non-hydrogen) atoms. The number of aliphatic hydroxyl groups is 1. The van der Waals surface area contributed by atoms with Crippen LogP contribution in [-0.2, 0) is 28.6 Å². The molecule has 1 N–H and O–H groups in total. The van der Waals surface area contributed by atoms with E-state index in [1.165, 1.54) is 25.7 Å². The second-order valence-corrected chi connectivity index (χ2v) is 10.6. The summed E-state index contributed by atoms with van der Waals surface area (Å²) in [4.78, 5) is 31.7. The number of esters is 3. The van der Waals surface area contributed by atoms with Gasteiger partial charge in [0, 0.05) is 0 Å². The van der Waals surface area contributed by atoms with Crippen molar-refractivity contribution in [1.29, 1.82) is 0 Å². The number of aliphatic hydroxyl groups excluding tert-OH is 1. The Balaban J connectivity index is -0.000000448. The molecule has 0 atom stereocenters. The summed E-state index contributed by atoms with van der Waals surface area (Å²) in [6.45, 7) is 9.84. The minimum Gasteiger partial charge on any atom is -0.465 e. The van der Waals surface area contributed by atoms with Gasteiger partial charge in [-0.1, -0.05) is 66.2 Å². The monoisotopic (exact) mass is 576 g/mol. The predicted molar refractivity (Wildman–Crippen MR) is 156 cm³/mol. The lowest BCUT2D eigenvalue weighted by Gasteiger charge is -2.04. The van der Waals surface area contributed by atoms with Gasteiger partial charge in [-0.15, -0.1) is 0 Å². The van der Waals surface area contributed by atoms with Crippen LogP contribution in [0.25, 0.3) is 0 Å². The van der Waals surface area contributed by atoms with E-state index < -0.39 is 10.6 Å². The van der Waals surface area contributed by atoms with Crippen molar-refractivity contribution in [2.24, 2.45) is 11.8 Å². The van der Waals surface area contributed by atoms with E-state index in [4.69, 9.17) is 14.6 Å². The van der Waals surface area contributed by atoms with Gasteiger partial charge in [0.15, 0.2) is 0 Å². The Kier molecular flexibility index (Phi) is 33.7. The Morgan fingerprint density at radius 2 is 1.06 bits per heavy atom. The zero-order chi connectivity index (χ0) is 27.5. The lowest BCUT2D eigenvalue weighted by molar-refractivity contribution is -0.142. The molecule has 0 bridgehead atoms. The fraction of sp³-hybridized carbons (Fsp3) is 0.875. The molecule has 0 radical (unpaired) electrons. The Morgan fingerprint density at radius 3 is 1.34 bits per heavy atom. The summed E-state index contributed by atoms with van der Waals surface area (Å²) in [6, 6.07) is 0. The molecule has 0 aromatic carbocycles. The van der Waals surface area contributed by atoms with E-state index in [0.29, 0.717) is 13.2 Å². The number of hydrogen-bond donors (Lipinski definition) is 5. The van der Waals surface area contributed by atoms with Crippen molar-refractivity contribution >= 4 is 68.4 Å². The molecule has 7 nitrogen and oxygen atoms in total. The molecule has 0 unspecified atom stereocenters. The largest absolute Gasteiger partial charge is 0.465 e. The molecule has 0 fully saturated rings. The van der Waals surface area contributed by atoms with Crippen LogP contribution in [0.4, 0.5) is 0 Å². The SMILES string of the molecule is CC(C)CCCCCOC(=O)CS.CC(C)CCCCCOC(=O)CS.O=C(OCCO)C(S)S. The van der Waals surface area contributed by atoms with E-state index in [2.05, 4.69) is 82.9 Å². The molecule has 0 amide bonds. The van der Waals surface area contributed by atoms with Gasteiger partial charge in [0.25, 0.3) is 0 Å². The van der Waals surface area contributed by atoms with Gasteiger partial charge in [-0.2, -0.15) is 50.5 Å². The lowest BCUT2D eigenvalue weighted by Crippen LogP contribution is -2.14. The van der Waals surface area contributed by atoms with Gasteiger partial charge in [-0.3, -0.25) is 9.59 Å². The molecule has 0 aliphatic carbocycles. The minimum absolute atomic E-state index is 0.0104. The molecule has 11 heteroatoms. The van der Waals surface area contributed by atoms with E-state index in [1.54, 1.807) is 0 Å². The highest BCUT2D eigenvalue weighted by Crippen LogP contribution is 2.08. The van der Waals surface area contributed by atoms with Gasteiger partial charge in [-0.05, 0) is 24.7 Å². The topological polar surface area (TPSA) is 99.1 Å². The molecule has 0 spiro atoms. The third-order valence-corrected chi connectivity index (χ3v) is 5.12. The van der Waals surface area contributed by atoms with E-state index in [1.807, 2.05) is 0 Å².